The third kappa shape index (κ3) is 3.40. The van der Waals surface area contributed by atoms with Gasteiger partial charge in [-0.05, 0) is 41.8 Å². The Morgan fingerprint density at radius 2 is 1.85 bits per heavy atom. The Hall–Kier alpha value is -2.89. The number of halogens is 1. The molecule has 2 aromatic carbocycles. The number of benzene rings is 2. The zero-order valence-corrected chi connectivity index (χ0v) is 15.2. The van der Waals surface area contributed by atoms with E-state index in [9.17, 15) is 4.79 Å². The van der Waals surface area contributed by atoms with E-state index in [1.165, 1.54) is 11.3 Å². The largest absolute Gasteiger partial charge is 0.321 e. The Bertz CT molecular complexity index is 1040. The monoisotopic (exact) mass is 379 g/mol. The summed E-state index contributed by atoms with van der Waals surface area (Å²) >= 11 is 7.36. The topological polar surface area (TPSA) is 46.9 Å². The van der Waals surface area contributed by atoms with Gasteiger partial charge in [-0.1, -0.05) is 35.9 Å². The van der Waals surface area contributed by atoms with E-state index in [1.54, 1.807) is 16.9 Å². The summed E-state index contributed by atoms with van der Waals surface area (Å²) in [6.45, 7) is 0. The maximum Gasteiger partial charge on any atom is 0.265 e. The predicted octanol–water partition coefficient (Wildman–Crippen LogP) is 5.51. The lowest BCUT2D eigenvalue weighted by molar-refractivity contribution is 0.103. The zero-order valence-electron chi connectivity index (χ0n) is 13.6. The molecule has 0 aliphatic rings. The van der Waals surface area contributed by atoms with Crippen LogP contribution in [0.4, 0.5) is 5.69 Å². The van der Waals surface area contributed by atoms with Crippen LogP contribution in [-0.2, 0) is 0 Å². The van der Waals surface area contributed by atoms with Crippen molar-refractivity contribution in [3.05, 3.63) is 88.3 Å². The molecule has 1 amide bonds. The minimum absolute atomic E-state index is 0.113. The van der Waals surface area contributed by atoms with Gasteiger partial charge >= 0.3 is 0 Å². The van der Waals surface area contributed by atoms with Crippen molar-refractivity contribution in [1.29, 1.82) is 0 Å². The quantitative estimate of drug-likeness (QED) is 0.508. The first-order valence-electron chi connectivity index (χ1n) is 7.95. The van der Waals surface area contributed by atoms with Crippen LogP contribution in [-0.4, -0.2) is 15.7 Å². The third-order valence-electron chi connectivity index (χ3n) is 3.90. The van der Waals surface area contributed by atoms with Crippen molar-refractivity contribution in [2.24, 2.45) is 0 Å². The molecule has 4 rings (SSSR count). The molecule has 0 fully saturated rings. The number of nitrogens with zero attached hydrogens (tertiary/aromatic N) is 2. The normalized spacial score (nSPS) is 10.7. The van der Waals surface area contributed by atoms with E-state index in [0.717, 1.165) is 22.5 Å². The van der Waals surface area contributed by atoms with Crippen molar-refractivity contribution in [2.45, 2.75) is 0 Å². The smallest absolute Gasteiger partial charge is 0.265 e. The molecule has 26 heavy (non-hydrogen) atoms. The molecule has 1 N–H and O–H groups in total. The van der Waals surface area contributed by atoms with E-state index >= 15 is 0 Å². The Kier molecular flexibility index (Phi) is 4.56. The summed E-state index contributed by atoms with van der Waals surface area (Å²) in [6.07, 6.45) is 3.71. The van der Waals surface area contributed by atoms with E-state index in [1.807, 2.05) is 66.2 Å². The number of rotatable bonds is 4. The first kappa shape index (κ1) is 16.6. The van der Waals surface area contributed by atoms with Gasteiger partial charge in [-0.15, -0.1) is 11.3 Å². The lowest BCUT2D eigenvalue weighted by Crippen LogP contribution is -2.10. The number of hydrogen-bond acceptors (Lipinski definition) is 3. The van der Waals surface area contributed by atoms with Gasteiger partial charge in [-0.3, -0.25) is 4.79 Å². The molecule has 4 nitrogen and oxygen atoms in total. The first-order valence-corrected chi connectivity index (χ1v) is 9.21. The third-order valence-corrected chi connectivity index (χ3v) is 5.03. The highest BCUT2D eigenvalue weighted by Gasteiger charge is 2.12. The van der Waals surface area contributed by atoms with Crippen LogP contribution in [0.25, 0.3) is 16.8 Å². The number of thiophene rings is 1. The molecule has 4 aromatic rings. The van der Waals surface area contributed by atoms with Gasteiger partial charge in [0.15, 0.2) is 0 Å². The van der Waals surface area contributed by atoms with Gasteiger partial charge in [0, 0.05) is 28.0 Å². The van der Waals surface area contributed by atoms with Gasteiger partial charge in [-0.25, -0.2) is 4.68 Å². The highest BCUT2D eigenvalue weighted by Crippen LogP contribution is 2.29. The summed E-state index contributed by atoms with van der Waals surface area (Å²) in [5.41, 5.74) is 3.50. The van der Waals surface area contributed by atoms with Crippen molar-refractivity contribution in [1.82, 2.24) is 9.78 Å². The summed E-state index contributed by atoms with van der Waals surface area (Å²) in [6, 6.07) is 18.8. The van der Waals surface area contributed by atoms with Crippen LogP contribution in [0.1, 0.15) is 9.67 Å². The molecule has 0 bridgehead atoms. The van der Waals surface area contributed by atoms with Crippen LogP contribution in [0, 0.1) is 0 Å². The van der Waals surface area contributed by atoms with Gasteiger partial charge in [-0.2, -0.15) is 5.10 Å². The standard InChI is InChI=1S/C20H14ClN3OS/c21-15-7-9-16(10-8-15)24-13-14(12-22-24)17-4-1-2-5-18(17)23-20(25)19-6-3-11-26-19/h1-13H,(H,23,25). The van der Waals surface area contributed by atoms with Gasteiger partial charge in [0.2, 0.25) is 0 Å². The Morgan fingerprint density at radius 3 is 2.62 bits per heavy atom. The highest BCUT2D eigenvalue weighted by atomic mass is 35.5. The van der Waals surface area contributed by atoms with Gasteiger partial charge < -0.3 is 5.32 Å². The number of carbonyl (C=O) groups excluding carboxylic acids is 1. The number of aromatic nitrogens is 2. The lowest BCUT2D eigenvalue weighted by atomic mass is 10.1. The van der Waals surface area contributed by atoms with Crippen molar-refractivity contribution in [2.75, 3.05) is 5.32 Å². The molecule has 0 radical (unpaired) electrons. The second-order valence-electron chi connectivity index (χ2n) is 5.63. The van der Waals surface area contributed by atoms with Crippen molar-refractivity contribution >= 4 is 34.5 Å². The van der Waals surface area contributed by atoms with Crippen LogP contribution in [0.15, 0.2) is 78.4 Å². The SMILES string of the molecule is O=C(Nc1ccccc1-c1cnn(-c2ccc(Cl)cc2)c1)c1cccs1. The maximum absolute atomic E-state index is 12.4. The molecule has 0 saturated heterocycles. The van der Waals surface area contributed by atoms with Crippen LogP contribution in [0.2, 0.25) is 5.02 Å². The number of para-hydroxylation sites is 1. The van der Waals surface area contributed by atoms with Crippen LogP contribution < -0.4 is 5.32 Å². The Morgan fingerprint density at radius 1 is 1.04 bits per heavy atom. The summed E-state index contributed by atoms with van der Waals surface area (Å²) in [7, 11) is 0. The second-order valence-corrected chi connectivity index (χ2v) is 7.01. The number of carbonyl (C=O) groups is 1. The van der Waals surface area contributed by atoms with E-state index in [-0.39, 0.29) is 5.91 Å². The molecule has 128 valence electrons. The molecule has 0 atom stereocenters. The second kappa shape index (κ2) is 7.15. The van der Waals surface area contributed by atoms with Crippen LogP contribution in [0.3, 0.4) is 0 Å². The van der Waals surface area contributed by atoms with E-state index in [0.29, 0.717) is 9.90 Å². The van der Waals surface area contributed by atoms with Crippen molar-refractivity contribution in [3.63, 3.8) is 0 Å². The Labute approximate surface area is 159 Å². The van der Waals surface area contributed by atoms with Gasteiger partial charge in [0.25, 0.3) is 5.91 Å². The summed E-state index contributed by atoms with van der Waals surface area (Å²) in [5.74, 6) is -0.113. The van der Waals surface area contributed by atoms with E-state index in [2.05, 4.69) is 10.4 Å². The fourth-order valence-electron chi connectivity index (χ4n) is 2.63. The Balaban J connectivity index is 1.64. The average molecular weight is 380 g/mol. The molecule has 0 saturated carbocycles. The minimum atomic E-state index is -0.113. The molecular weight excluding hydrogens is 366 g/mol. The number of amides is 1. The molecular formula is C20H14ClN3OS. The van der Waals surface area contributed by atoms with Crippen LogP contribution in [0.5, 0.6) is 0 Å². The maximum atomic E-state index is 12.4. The lowest BCUT2D eigenvalue weighted by Gasteiger charge is -2.09. The van der Waals surface area contributed by atoms with Gasteiger partial charge in [0.1, 0.15) is 0 Å². The average Bonchev–Trinajstić information content (AvgIpc) is 3.35. The predicted molar refractivity (Wildman–Crippen MR) is 106 cm³/mol. The zero-order chi connectivity index (χ0) is 17.9. The summed E-state index contributed by atoms with van der Waals surface area (Å²) in [4.78, 5) is 13.1. The molecule has 0 aliphatic carbocycles. The molecule has 0 spiro atoms. The summed E-state index contributed by atoms with van der Waals surface area (Å²) in [5, 5.41) is 9.98. The molecule has 6 heteroatoms. The van der Waals surface area contributed by atoms with Crippen LogP contribution >= 0.6 is 22.9 Å². The number of hydrogen-bond donors (Lipinski definition) is 1. The van der Waals surface area contributed by atoms with Crippen molar-refractivity contribution < 1.29 is 4.79 Å². The molecule has 0 unspecified atom stereocenters. The highest BCUT2D eigenvalue weighted by molar-refractivity contribution is 7.12. The number of nitrogens with one attached hydrogen (secondary N) is 1. The van der Waals surface area contributed by atoms with Gasteiger partial charge in [0.05, 0.1) is 16.8 Å². The van der Waals surface area contributed by atoms with E-state index in [4.69, 9.17) is 11.6 Å². The fourth-order valence-corrected chi connectivity index (χ4v) is 3.38. The molecule has 2 heterocycles. The summed E-state index contributed by atoms with van der Waals surface area (Å²) < 4.78 is 1.78. The minimum Gasteiger partial charge on any atom is -0.321 e. The number of anilines is 1. The first-order chi connectivity index (χ1) is 12.7. The fraction of sp³-hybridized carbons (Fsp3) is 0. The molecule has 0 aliphatic heterocycles. The molecule has 2 aromatic heterocycles. The van der Waals surface area contributed by atoms with E-state index < -0.39 is 0 Å². The van der Waals surface area contributed by atoms with Crippen molar-refractivity contribution in [3.8, 4) is 16.8 Å².